The van der Waals surface area contributed by atoms with Gasteiger partial charge < -0.3 is 4.90 Å². The minimum Gasteiger partial charge on any atom is -0.302 e. The zero-order valence-electron chi connectivity index (χ0n) is 8.83. The molecule has 14 heavy (non-hydrogen) atoms. The lowest BCUT2D eigenvalue weighted by molar-refractivity contribution is 0.327. The quantitative estimate of drug-likeness (QED) is 0.725. The summed E-state index contributed by atoms with van der Waals surface area (Å²) < 4.78 is 0. The van der Waals surface area contributed by atoms with E-state index in [1.807, 2.05) is 24.3 Å². The normalized spacial score (nSPS) is 10.1. The van der Waals surface area contributed by atoms with E-state index < -0.39 is 0 Å². The van der Waals surface area contributed by atoms with Gasteiger partial charge in [-0.1, -0.05) is 19.1 Å². The molecule has 1 aromatic rings. The molecule has 0 radical (unpaired) electrons. The van der Waals surface area contributed by atoms with Gasteiger partial charge in [-0.05, 0) is 37.7 Å². The van der Waals surface area contributed by atoms with Crippen molar-refractivity contribution in [3.05, 3.63) is 35.4 Å². The van der Waals surface area contributed by atoms with E-state index in [4.69, 9.17) is 5.26 Å². The largest absolute Gasteiger partial charge is 0.302 e. The van der Waals surface area contributed by atoms with Crippen molar-refractivity contribution in [2.75, 3.05) is 13.6 Å². The molecular weight excluding hydrogens is 172 g/mol. The Bertz CT molecular complexity index is 308. The zero-order chi connectivity index (χ0) is 10.4. The van der Waals surface area contributed by atoms with Crippen molar-refractivity contribution in [1.29, 1.82) is 5.26 Å². The van der Waals surface area contributed by atoms with E-state index in [2.05, 4.69) is 24.9 Å². The first kappa shape index (κ1) is 10.7. The molecule has 0 saturated heterocycles. The Labute approximate surface area is 85.8 Å². The van der Waals surface area contributed by atoms with E-state index in [1.54, 1.807) is 0 Å². The minimum atomic E-state index is 0.729. The van der Waals surface area contributed by atoms with Gasteiger partial charge in [0.15, 0.2) is 0 Å². The third-order valence-electron chi connectivity index (χ3n) is 2.14. The molecule has 0 heterocycles. The lowest BCUT2D eigenvalue weighted by Gasteiger charge is -2.15. The predicted octanol–water partition coefficient (Wildman–Crippen LogP) is 2.40. The zero-order valence-corrected chi connectivity index (χ0v) is 8.83. The van der Waals surface area contributed by atoms with Gasteiger partial charge in [-0.2, -0.15) is 5.26 Å². The van der Waals surface area contributed by atoms with E-state index in [9.17, 15) is 0 Å². The fourth-order valence-corrected chi connectivity index (χ4v) is 1.46. The number of hydrogen-bond donors (Lipinski definition) is 0. The summed E-state index contributed by atoms with van der Waals surface area (Å²) in [6.45, 7) is 4.24. The molecule has 1 aromatic carbocycles. The van der Waals surface area contributed by atoms with Gasteiger partial charge in [0.2, 0.25) is 0 Å². The average molecular weight is 188 g/mol. The van der Waals surface area contributed by atoms with Gasteiger partial charge in [0.25, 0.3) is 0 Å². The van der Waals surface area contributed by atoms with Crippen LogP contribution < -0.4 is 0 Å². The molecule has 0 unspecified atom stereocenters. The van der Waals surface area contributed by atoms with E-state index in [0.717, 1.165) is 18.7 Å². The van der Waals surface area contributed by atoms with Gasteiger partial charge in [0, 0.05) is 6.54 Å². The molecule has 1 rings (SSSR count). The Morgan fingerprint density at radius 1 is 1.29 bits per heavy atom. The maximum atomic E-state index is 8.63. The smallest absolute Gasteiger partial charge is 0.0991 e. The van der Waals surface area contributed by atoms with Crippen LogP contribution in [-0.2, 0) is 6.54 Å². The molecule has 0 atom stereocenters. The van der Waals surface area contributed by atoms with Gasteiger partial charge in [-0.3, -0.25) is 0 Å². The number of hydrogen-bond acceptors (Lipinski definition) is 2. The fraction of sp³-hybridized carbons (Fsp3) is 0.417. The molecule has 0 amide bonds. The first-order valence-corrected chi connectivity index (χ1v) is 4.94. The molecule has 0 bridgehead atoms. The minimum absolute atomic E-state index is 0.729. The molecule has 0 aromatic heterocycles. The van der Waals surface area contributed by atoms with Crippen molar-refractivity contribution in [2.24, 2.45) is 0 Å². The van der Waals surface area contributed by atoms with Crippen LogP contribution in [0.1, 0.15) is 24.5 Å². The molecule has 2 nitrogen and oxygen atoms in total. The lowest BCUT2D eigenvalue weighted by atomic mass is 10.1. The highest BCUT2D eigenvalue weighted by Gasteiger charge is 1.98. The highest BCUT2D eigenvalue weighted by Crippen LogP contribution is 2.05. The first-order chi connectivity index (χ1) is 6.76. The van der Waals surface area contributed by atoms with Gasteiger partial charge in [-0.25, -0.2) is 0 Å². The Balaban J connectivity index is 2.56. The van der Waals surface area contributed by atoms with Crippen molar-refractivity contribution >= 4 is 0 Å². The van der Waals surface area contributed by atoms with E-state index in [-0.39, 0.29) is 0 Å². The SMILES string of the molecule is CCCN(C)Cc1ccc(C#N)cc1. The third kappa shape index (κ3) is 3.20. The topological polar surface area (TPSA) is 27.0 Å². The fourth-order valence-electron chi connectivity index (χ4n) is 1.46. The van der Waals surface area contributed by atoms with Crippen molar-refractivity contribution in [3.63, 3.8) is 0 Å². The first-order valence-electron chi connectivity index (χ1n) is 4.94. The maximum absolute atomic E-state index is 8.63. The van der Waals surface area contributed by atoms with Gasteiger partial charge in [0.1, 0.15) is 0 Å². The van der Waals surface area contributed by atoms with Crippen LogP contribution in [0.3, 0.4) is 0 Å². The van der Waals surface area contributed by atoms with Crippen LogP contribution in [0.15, 0.2) is 24.3 Å². The molecule has 2 heteroatoms. The maximum Gasteiger partial charge on any atom is 0.0991 e. The molecule has 0 aliphatic heterocycles. The second kappa shape index (κ2) is 5.41. The van der Waals surface area contributed by atoms with Crippen LogP contribution in [0.25, 0.3) is 0 Å². The number of nitriles is 1. The summed E-state index contributed by atoms with van der Waals surface area (Å²) in [4.78, 5) is 2.28. The highest BCUT2D eigenvalue weighted by atomic mass is 15.1. The standard InChI is InChI=1S/C12H16N2/c1-3-8-14(2)10-12-6-4-11(9-13)5-7-12/h4-7H,3,8,10H2,1-2H3. The monoisotopic (exact) mass is 188 g/mol. The molecule has 0 aliphatic carbocycles. The van der Waals surface area contributed by atoms with Crippen LogP contribution in [-0.4, -0.2) is 18.5 Å². The number of rotatable bonds is 4. The summed E-state index contributed by atoms with van der Waals surface area (Å²) in [6.07, 6.45) is 1.17. The summed E-state index contributed by atoms with van der Waals surface area (Å²) in [7, 11) is 2.11. The molecular formula is C12H16N2. The average Bonchev–Trinajstić information content (AvgIpc) is 2.19. The van der Waals surface area contributed by atoms with Crippen molar-refractivity contribution in [1.82, 2.24) is 4.90 Å². The van der Waals surface area contributed by atoms with Crippen molar-refractivity contribution in [3.8, 4) is 6.07 Å². The van der Waals surface area contributed by atoms with Crippen LogP contribution in [0.4, 0.5) is 0 Å². The summed E-state index contributed by atoms with van der Waals surface area (Å²) in [6, 6.07) is 9.90. The Morgan fingerprint density at radius 2 is 1.93 bits per heavy atom. The van der Waals surface area contributed by atoms with Gasteiger partial charge >= 0.3 is 0 Å². The van der Waals surface area contributed by atoms with Gasteiger partial charge in [-0.15, -0.1) is 0 Å². The molecule has 0 spiro atoms. The number of benzene rings is 1. The predicted molar refractivity (Wildman–Crippen MR) is 57.8 cm³/mol. The molecule has 74 valence electrons. The summed E-state index contributed by atoms with van der Waals surface area (Å²) in [5, 5.41) is 8.63. The molecule has 0 N–H and O–H groups in total. The molecule has 0 aliphatic rings. The van der Waals surface area contributed by atoms with E-state index in [0.29, 0.717) is 0 Å². The van der Waals surface area contributed by atoms with Gasteiger partial charge in [0.05, 0.1) is 11.6 Å². The Hall–Kier alpha value is -1.33. The van der Waals surface area contributed by atoms with Crippen LogP contribution in [0.5, 0.6) is 0 Å². The Morgan fingerprint density at radius 3 is 2.43 bits per heavy atom. The summed E-state index contributed by atoms with van der Waals surface area (Å²) >= 11 is 0. The second-order valence-electron chi connectivity index (χ2n) is 3.55. The third-order valence-corrected chi connectivity index (χ3v) is 2.14. The summed E-state index contributed by atoms with van der Waals surface area (Å²) in [5.74, 6) is 0. The number of nitrogens with zero attached hydrogens (tertiary/aromatic N) is 2. The van der Waals surface area contributed by atoms with E-state index >= 15 is 0 Å². The van der Waals surface area contributed by atoms with Crippen LogP contribution in [0.2, 0.25) is 0 Å². The van der Waals surface area contributed by atoms with Crippen molar-refractivity contribution < 1.29 is 0 Å². The lowest BCUT2D eigenvalue weighted by Crippen LogP contribution is -2.18. The second-order valence-corrected chi connectivity index (χ2v) is 3.55. The van der Waals surface area contributed by atoms with Crippen molar-refractivity contribution in [2.45, 2.75) is 19.9 Å². The van der Waals surface area contributed by atoms with E-state index in [1.165, 1.54) is 12.0 Å². The molecule has 0 fully saturated rings. The highest BCUT2D eigenvalue weighted by molar-refractivity contribution is 5.31. The summed E-state index contributed by atoms with van der Waals surface area (Å²) in [5.41, 5.74) is 1.99. The van der Waals surface area contributed by atoms with Crippen LogP contribution in [0, 0.1) is 11.3 Å². The van der Waals surface area contributed by atoms with Crippen LogP contribution >= 0.6 is 0 Å². The molecule has 0 saturated carbocycles. The Kier molecular flexibility index (Phi) is 4.15.